The van der Waals surface area contributed by atoms with Crippen LogP contribution in [0.1, 0.15) is 40.2 Å². The second kappa shape index (κ2) is 7.32. The van der Waals surface area contributed by atoms with Crippen molar-refractivity contribution in [1.29, 1.82) is 0 Å². The molecular formula is C20H26N2O4. The Hall–Kier alpha value is -2.63. The van der Waals surface area contributed by atoms with E-state index in [1.165, 1.54) is 11.0 Å². The number of carbonyl (C=O) groups excluding carboxylic acids is 3. The summed E-state index contributed by atoms with van der Waals surface area (Å²) in [4.78, 5) is 40.1. The van der Waals surface area contributed by atoms with Crippen molar-refractivity contribution in [1.82, 2.24) is 10.2 Å². The number of nitrogens with one attached hydrogen (secondary N) is 1. The topological polar surface area (TPSA) is 75.7 Å². The maximum Gasteiger partial charge on any atom is 0.346 e. The van der Waals surface area contributed by atoms with E-state index in [1.807, 2.05) is 51.1 Å². The molecule has 2 rings (SSSR count). The highest BCUT2D eigenvalue weighted by molar-refractivity contribution is 6.17. The molecule has 140 valence electrons. The number of ether oxygens (including phenoxy) is 1. The van der Waals surface area contributed by atoms with Crippen molar-refractivity contribution in [3.05, 3.63) is 47.5 Å². The fourth-order valence-corrected chi connectivity index (χ4v) is 3.04. The number of benzene rings is 1. The van der Waals surface area contributed by atoms with Gasteiger partial charge >= 0.3 is 5.97 Å². The van der Waals surface area contributed by atoms with Crippen LogP contribution in [-0.4, -0.2) is 40.4 Å². The molecular weight excluding hydrogens is 332 g/mol. The highest BCUT2D eigenvalue weighted by Crippen LogP contribution is 2.35. The van der Waals surface area contributed by atoms with Gasteiger partial charge in [-0.25, -0.2) is 4.79 Å². The van der Waals surface area contributed by atoms with Crippen molar-refractivity contribution in [3.63, 3.8) is 0 Å². The van der Waals surface area contributed by atoms with Gasteiger partial charge in [0, 0.05) is 18.2 Å². The summed E-state index contributed by atoms with van der Waals surface area (Å²) < 4.78 is 5.22. The van der Waals surface area contributed by atoms with Crippen molar-refractivity contribution in [2.75, 3.05) is 6.61 Å². The van der Waals surface area contributed by atoms with Crippen molar-refractivity contribution in [3.8, 4) is 0 Å². The largest absolute Gasteiger partial charge is 0.464 e. The predicted molar refractivity (Wildman–Crippen MR) is 98.0 cm³/mol. The molecule has 1 aliphatic rings. The Morgan fingerprint density at radius 2 is 1.81 bits per heavy atom. The lowest BCUT2D eigenvalue weighted by molar-refractivity contribution is -0.164. The van der Waals surface area contributed by atoms with Crippen LogP contribution in [0.2, 0.25) is 0 Å². The first kappa shape index (κ1) is 19.7. The molecule has 6 nitrogen and oxygen atoms in total. The van der Waals surface area contributed by atoms with Crippen molar-refractivity contribution in [2.24, 2.45) is 0 Å². The third-order valence-corrected chi connectivity index (χ3v) is 4.15. The van der Waals surface area contributed by atoms with Gasteiger partial charge in [0.1, 0.15) is 0 Å². The van der Waals surface area contributed by atoms with Crippen LogP contribution in [-0.2, 0) is 25.7 Å². The minimum Gasteiger partial charge on any atom is -0.464 e. The number of nitrogens with zero attached hydrogens (tertiary/aromatic N) is 1. The average molecular weight is 358 g/mol. The molecule has 1 aliphatic heterocycles. The van der Waals surface area contributed by atoms with Crippen LogP contribution < -0.4 is 5.32 Å². The van der Waals surface area contributed by atoms with Crippen LogP contribution in [0.4, 0.5) is 0 Å². The molecule has 26 heavy (non-hydrogen) atoms. The molecule has 1 unspecified atom stereocenters. The van der Waals surface area contributed by atoms with Gasteiger partial charge in [0.15, 0.2) is 0 Å². The Bertz CT molecular complexity index is 734. The summed E-state index contributed by atoms with van der Waals surface area (Å²) in [6, 6.07) is 9.25. The number of rotatable bonds is 5. The Labute approximate surface area is 154 Å². The average Bonchev–Trinajstić information content (AvgIpc) is 2.78. The van der Waals surface area contributed by atoms with Gasteiger partial charge in [-0.2, -0.15) is 0 Å². The maximum atomic E-state index is 13.2. The molecule has 1 aromatic rings. The van der Waals surface area contributed by atoms with Gasteiger partial charge in [0.2, 0.25) is 11.4 Å². The lowest BCUT2D eigenvalue weighted by Crippen LogP contribution is -2.65. The van der Waals surface area contributed by atoms with Crippen LogP contribution in [0, 0.1) is 0 Å². The summed E-state index contributed by atoms with van der Waals surface area (Å²) in [6.07, 6.45) is 1.34. The molecule has 1 heterocycles. The molecule has 0 bridgehead atoms. The summed E-state index contributed by atoms with van der Waals surface area (Å²) in [6.45, 7) is 8.99. The number of hydrogen-bond acceptors (Lipinski definition) is 4. The quantitative estimate of drug-likeness (QED) is 0.647. The second-order valence-electron chi connectivity index (χ2n) is 7.37. The van der Waals surface area contributed by atoms with Gasteiger partial charge in [-0.1, -0.05) is 30.3 Å². The van der Waals surface area contributed by atoms with Gasteiger partial charge in [-0.3, -0.25) is 9.59 Å². The summed E-state index contributed by atoms with van der Waals surface area (Å²) in [5.74, 6) is -1.68. The molecule has 0 aliphatic carbocycles. The van der Waals surface area contributed by atoms with E-state index in [-0.39, 0.29) is 19.1 Å². The Morgan fingerprint density at radius 3 is 2.35 bits per heavy atom. The third kappa shape index (κ3) is 3.64. The van der Waals surface area contributed by atoms with E-state index < -0.39 is 23.0 Å². The number of amides is 2. The first-order valence-corrected chi connectivity index (χ1v) is 8.67. The Balaban J connectivity index is 2.53. The standard InChI is InChI=1S/C20H26N2O4/c1-6-26-18(25)20(17(24)21-19(3,4)5)14(2)12-16(23)22(20)13-15-10-8-7-9-11-15/h7-12H,6,13H2,1-5H3,(H,21,24). The van der Waals surface area contributed by atoms with E-state index in [0.717, 1.165) is 5.56 Å². The number of carbonyl (C=O) groups is 3. The van der Waals surface area contributed by atoms with Gasteiger partial charge < -0.3 is 15.0 Å². The molecule has 1 atom stereocenters. The Kier molecular flexibility index (Phi) is 5.54. The van der Waals surface area contributed by atoms with E-state index in [2.05, 4.69) is 5.32 Å². The van der Waals surface area contributed by atoms with Gasteiger partial charge in [0.25, 0.3) is 5.91 Å². The zero-order valence-electron chi connectivity index (χ0n) is 16.0. The minimum atomic E-state index is -1.80. The third-order valence-electron chi connectivity index (χ3n) is 4.15. The highest BCUT2D eigenvalue weighted by atomic mass is 16.5. The lowest BCUT2D eigenvalue weighted by atomic mass is 9.88. The monoisotopic (exact) mass is 358 g/mol. The minimum absolute atomic E-state index is 0.115. The Morgan fingerprint density at radius 1 is 1.19 bits per heavy atom. The van der Waals surface area contributed by atoms with Crippen LogP contribution in [0.25, 0.3) is 0 Å². The number of esters is 1. The van der Waals surface area contributed by atoms with E-state index in [4.69, 9.17) is 4.74 Å². The molecule has 0 aromatic heterocycles. The van der Waals surface area contributed by atoms with Crippen LogP contribution in [0.5, 0.6) is 0 Å². The van der Waals surface area contributed by atoms with Crippen LogP contribution >= 0.6 is 0 Å². The molecule has 6 heteroatoms. The second-order valence-corrected chi connectivity index (χ2v) is 7.37. The molecule has 0 fully saturated rings. The van der Waals surface area contributed by atoms with Crippen molar-refractivity contribution in [2.45, 2.75) is 52.2 Å². The van der Waals surface area contributed by atoms with Crippen molar-refractivity contribution < 1.29 is 19.1 Å². The van der Waals surface area contributed by atoms with E-state index >= 15 is 0 Å². The number of hydrogen-bond donors (Lipinski definition) is 1. The fourth-order valence-electron chi connectivity index (χ4n) is 3.04. The smallest absolute Gasteiger partial charge is 0.346 e. The normalized spacial score (nSPS) is 20.0. The molecule has 2 amide bonds. The SMILES string of the molecule is CCOC(=O)C1(C(=O)NC(C)(C)C)C(C)=CC(=O)N1Cc1ccccc1. The summed E-state index contributed by atoms with van der Waals surface area (Å²) in [5, 5.41) is 2.83. The first-order valence-electron chi connectivity index (χ1n) is 8.67. The van der Waals surface area contributed by atoms with Gasteiger partial charge in [0.05, 0.1) is 6.61 Å². The zero-order valence-corrected chi connectivity index (χ0v) is 16.0. The maximum absolute atomic E-state index is 13.2. The van der Waals surface area contributed by atoms with E-state index in [9.17, 15) is 14.4 Å². The van der Waals surface area contributed by atoms with Crippen LogP contribution in [0.3, 0.4) is 0 Å². The highest BCUT2D eigenvalue weighted by Gasteiger charge is 2.59. The summed E-state index contributed by atoms with van der Waals surface area (Å²) in [5.41, 5.74) is -1.18. The molecule has 1 aromatic carbocycles. The molecule has 0 radical (unpaired) electrons. The zero-order chi connectivity index (χ0) is 19.5. The van der Waals surface area contributed by atoms with Crippen molar-refractivity contribution >= 4 is 17.8 Å². The fraction of sp³-hybridized carbons (Fsp3) is 0.450. The predicted octanol–water partition coefficient (Wildman–Crippen LogP) is 2.19. The van der Waals surface area contributed by atoms with Gasteiger partial charge in [-0.05, 0) is 45.8 Å². The van der Waals surface area contributed by atoms with E-state index in [1.54, 1.807) is 13.8 Å². The molecule has 0 spiro atoms. The lowest BCUT2D eigenvalue weighted by Gasteiger charge is -2.38. The molecule has 1 N–H and O–H groups in total. The molecule has 0 saturated heterocycles. The van der Waals surface area contributed by atoms with Gasteiger partial charge in [-0.15, -0.1) is 0 Å². The summed E-state index contributed by atoms with van der Waals surface area (Å²) in [7, 11) is 0. The first-order chi connectivity index (χ1) is 12.1. The van der Waals surface area contributed by atoms with E-state index in [0.29, 0.717) is 5.57 Å². The molecule has 0 saturated carbocycles. The summed E-state index contributed by atoms with van der Waals surface area (Å²) >= 11 is 0. The van der Waals surface area contributed by atoms with Crippen LogP contribution in [0.15, 0.2) is 42.0 Å².